The molecule has 0 N–H and O–H groups in total. The van der Waals surface area contributed by atoms with E-state index in [0.717, 1.165) is 19.1 Å². The summed E-state index contributed by atoms with van der Waals surface area (Å²) in [7, 11) is 0. The van der Waals surface area contributed by atoms with Crippen molar-refractivity contribution in [3.63, 3.8) is 0 Å². The van der Waals surface area contributed by atoms with Crippen LogP contribution in [0.15, 0.2) is 0 Å². The van der Waals surface area contributed by atoms with Gasteiger partial charge in [0.15, 0.2) is 5.78 Å². The zero-order valence-corrected chi connectivity index (χ0v) is 7.09. The lowest BCUT2D eigenvalue weighted by molar-refractivity contribution is -0.140. The van der Waals surface area contributed by atoms with Gasteiger partial charge in [0.05, 0.1) is 5.25 Å². The molecule has 0 aliphatic carbocycles. The molecular weight excluding hydrogens is 170 g/mol. The zero-order valence-electron chi connectivity index (χ0n) is 6.27. The second kappa shape index (κ2) is 3.09. The Morgan fingerprint density at radius 3 is 2.64 bits per heavy atom. The van der Waals surface area contributed by atoms with Gasteiger partial charge in [-0.05, 0) is 18.6 Å². The standard InChI is InChI=1S/C7H10F2OS/c1-5(10)7(8,9)6-3-2-4-11-6/h6H,2-4H2,1H3. The summed E-state index contributed by atoms with van der Waals surface area (Å²) in [6.45, 7) is 0.957. The molecule has 1 rings (SSSR count). The molecule has 0 amide bonds. The van der Waals surface area contributed by atoms with Gasteiger partial charge in [0.25, 0.3) is 0 Å². The van der Waals surface area contributed by atoms with Crippen LogP contribution in [0.2, 0.25) is 0 Å². The highest BCUT2D eigenvalue weighted by Crippen LogP contribution is 2.38. The van der Waals surface area contributed by atoms with Crippen LogP contribution in [-0.4, -0.2) is 22.7 Å². The first-order valence-electron chi connectivity index (χ1n) is 3.55. The third-order valence-electron chi connectivity index (χ3n) is 1.80. The first kappa shape index (κ1) is 8.97. The Balaban J connectivity index is 2.62. The van der Waals surface area contributed by atoms with Gasteiger partial charge in [0, 0.05) is 6.92 Å². The summed E-state index contributed by atoms with van der Waals surface area (Å²) in [4.78, 5) is 10.5. The molecular formula is C7H10F2OS. The molecule has 0 bridgehead atoms. The van der Waals surface area contributed by atoms with Crippen molar-refractivity contribution in [3.05, 3.63) is 0 Å². The van der Waals surface area contributed by atoms with E-state index in [9.17, 15) is 13.6 Å². The fourth-order valence-corrected chi connectivity index (χ4v) is 2.42. The number of rotatable bonds is 2. The molecule has 0 aromatic heterocycles. The number of halogens is 2. The van der Waals surface area contributed by atoms with Crippen molar-refractivity contribution in [1.82, 2.24) is 0 Å². The molecule has 1 heterocycles. The Morgan fingerprint density at radius 1 is 1.64 bits per heavy atom. The Hall–Kier alpha value is -0.120. The predicted octanol–water partition coefficient (Wildman–Crippen LogP) is 2.11. The van der Waals surface area contributed by atoms with Crippen LogP contribution < -0.4 is 0 Å². The highest BCUT2D eigenvalue weighted by molar-refractivity contribution is 8.00. The van der Waals surface area contributed by atoms with Crippen LogP contribution in [0, 0.1) is 0 Å². The van der Waals surface area contributed by atoms with Crippen LogP contribution in [0.25, 0.3) is 0 Å². The number of alkyl halides is 2. The number of hydrogen-bond acceptors (Lipinski definition) is 2. The fraction of sp³-hybridized carbons (Fsp3) is 0.857. The van der Waals surface area contributed by atoms with Gasteiger partial charge < -0.3 is 0 Å². The third kappa shape index (κ3) is 1.72. The van der Waals surface area contributed by atoms with Gasteiger partial charge in [-0.1, -0.05) is 0 Å². The molecule has 1 fully saturated rings. The number of carbonyl (C=O) groups is 1. The zero-order chi connectivity index (χ0) is 8.48. The molecule has 1 nitrogen and oxygen atoms in total. The molecule has 1 unspecified atom stereocenters. The summed E-state index contributed by atoms with van der Waals surface area (Å²) < 4.78 is 25.8. The van der Waals surface area contributed by atoms with Gasteiger partial charge >= 0.3 is 5.92 Å². The minimum Gasteiger partial charge on any atom is -0.293 e. The molecule has 1 aliphatic rings. The number of carbonyl (C=O) groups excluding carboxylic acids is 1. The average molecular weight is 180 g/mol. The Labute approximate surface area is 68.5 Å². The number of hydrogen-bond donors (Lipinski definition) is 0. The van der Waals surface area contributed by atoms with E-state index in [1.165, 1.54) is 11.8 Å². The maximum absolute atomic E-state index is 12.9. The van der Waals surface area contributed by atoms with Gasteiger partial charge in [-0.3, -0.25) is 4.79 Å². The van der Waals surface area contributed by atoms with Gasteiger partial charge in [-0.2, -0.15) is 20.5 Å². The van der Waals surface area contributed by atoms with Crippen LogP contribution in [0.3, 0.4) is 0 Å². The smallest absolute Gasteiger partial charge is 0.293 e. The lowest BCUT2D eigenvalue weighted by Gasteiger charge is -2.18. The predicted molar refractivity (Wildman–Crippen MR) is 41.1 cm³/mol. The number of Topliss-reactive ketones (excluding diaryl/α,β-unsaturated/α-hetero) is 1. The van der Waals surface area contributed by atoms with Crippen LogP contribution >= 0.6 is 11.8 Å². The van der Waals surface area contributed by atoms with E-state index in [1.807, 2.05) is 0 Å². The Morgan fingerprint density at radius 2 is 2.27 bits per heavy atom. The molecule has 0 spiro atoms. The average Bonchev–Trinajstić information content (AvgIpc) is 2.37. The SMILES string of the molecule is CC(=O)C(F)(F)C1CCCS1. The molecule has 0 radical (unpaired) electrons. The minimum absolute atomic E-state index is 0.469. The summed E-state index contributed by atoms with van der Waals surface area (Å²) in [5.74, 6) is -3.34. The lowest BCUT2D eigenvalue weighted by atomic mass is 10.1. The largest absolute Gasteiger partial charge is 0.316 e. The van der Waals surface area contributed by atoms with Crippen LogP contribution in [0.5, 0.6) is 0 Å². The van der Waals surface area contributed by atoms with Crippen molar-refractivity contribution in [2.75, 3.05) is 5.75 Å². The Bertz CT molecular complexity index is 164. The van der Waals surface area contributed by atoms with Crippen LogP contribution in [-0.2, 0) is 4.79 Å². The maximum atomic E-state index is 12.9. The van der Waals surface area contributed by atoms with E-state index in [2.05, 4.69) is 0 Å². The molecule has 1 aliphatic heterocycles. The molecule has 1 atom stereocenters. The van der Waals surface area contributed by atoms with Crippen molar-refractivity contribution < 1.29 is 13.6 Å². The lowest BCUT2D eigenvalue weighted by Crippen LogP contribution is -2.36. The summed E-state index contributed by atoms with van der Waals surface area (Å²) in [5.41, 5.74) is 0. The van der Waals surface area contributed by atoms with Crippen molar-refractivity contribution >= 4 is 17.5 Å². The third-order valence-corrected chi connectivity index (χ3v) is 3.26. The van der Waals surface area contributed by atoms with Crippen molar-refractivity contribution in [2.45, 2.75) is 30.9 Å². The molecule has 0 aromatic rings. The van der Waals surface area contributed by atoms with Gasteiger partial charge in [-0.15, -0.1) is 0 Å². The second-order valence-electron chi connectivity index (χ2n) is 2.68. The van der Waals surface area contributed by atoms with Crippen LogP contribution in [0.4, 0.5) is 8.78 Å². The normalized spacial score (nSPS) is 25.5. The van der Waals surface area contributed by atoms with E-state index in [0.29, 0.717) is 6.42 Å². The first-order chi connectivity index (χ1) is 5.05. The number of ketones is 1. The summed E-state index contributed by atoms with van der Waals surface area (Å²) >= 11 is 1.21. The van der Waals surface area contributed by atoms with Gasteiger partial charge in [0.2, 0.25) is 0 Å². The fourth-order valence-electron chi connectivity index (χ4n) is 1.09. The minimum atomic E-state index is -3.10. The highest BCUT2D eigenvalue weighted by atomic mass is 32.2. The van der Waals surface area contributed by atoms with Gasteiger partial charge in [0.1, 0.15) is 0 Å². The molecule has 4 heteroatoms. The van der Waals surface area contributed by atoms with Crippen molar-refractivity contribution in [2.24, 2.45) is 0 Å². The van der Waals surface area contributed by atoms with E-state index in [1.54, 1.807) is 0 Å². The highest BCUT2D eigenvalue weighted by Gasteiger charge is 2.45. The summed E-state index contributed by atoms with van der Waals surface area (Å²) in [6.07, 6.45) is 1.27. The molecule has 0 saturated carbocycles. The quantitative estimate of drug-likeness (QED) is 0.647. The molecule has 1 saturated heterocycles. The first-order valence-corrected chi connectivity index (χ1v) is 4.60. The second-order valence-corrected chi connectivity index (χ2v) is 3.99. The monoisotopic (exact) mass is 180 g/mol. The summed E-state index contributed by atoms with van der Waals surface area (Å²) in [5, 5.41) is -0.764. The maximum Gasteiger partial charge on any atom is 0.316 e. The van der Waals surface area contributed by atoms with E-state index < -0.39 is 17.0 Å². The van der Waals surface area contributed by atoms with E-state index >= 15 is 0 Å². The topological polar surface area (TPSA) is 17.1 Å². The van der Waals surface area contributed by atoms with Crippen LogP contribution in [0.1, 0.15) is 19.8 Å². The van der Waals surface area contributed by atoms with Crippen molar-refractivity contribution in [1.29, 1.82) is 0 Å². The van der Waals surface area contributed by atoms with Gasteiger partial charge in [-0.25, -0.2) is 0 Å². The van der Waals surface area contributed by atoms with Crippen molar-refractivity contribution in [3.8, 4) is 0 Å². The van der Waals surface area contributed by atoms with E-state index in [-0.39, 0.29) is 0 Å². The molecule has 0 aromatic carbocycles. The number of thioether (sulfide) groups is 1. The Kier molecular flexibility index (Phi) is 2.52. The van der Waals surface area contributed by atoms with E-state index in [4.69, 9.17) is 0 Å². The summed E-state index contributed by atoms with van der Waals surface area (Å²) in [6, 6.07) is 0. The molecule has 64 valence electrons. The molecule has 11 heavy (non-hydrogen) atoms.